The summed E-state index contributed by atoms with van der Waals surface area (Å²) < 4.78 is 0. The zero-order valence-corrected chi connectivity index (χ0v) is 13.7. The van der Waals surface area contributed by atoms with E-state index in [9.17, 15) is 4.79 Å². The minimum atomic E-state index is 0.419. The van der Waals surface area contributed by atoms with Crippen molar-refractivity contribution >= 4 is 5.91 Å². The van der Waals surface area contributed by atoms with Crippen LogP contribution in [-0.4, -0.2) is 29.9 Å². The van der Waals surface area contributed by atoms with Gasteiger partial charge in [-0.25, -0.2) is 0 Å². The van der Waals surface area contributed by atoms with Crippen molar-refractivity contribution in [1.29, 1.82) is 0 Å². The number of carbonyl (C=O) groups is 1. The van der Waals surface area contributed by atoms with Crippen molar-refractivity contribution in [1.82, 2.24) is 4.90 Å². The monoisotopic (exact) mass is 294 g/mol. The molecule has 0 aromatic heterocycles. The van der Waals surface area contributed by atoms with Crippen LogP contribution in [0.15, 0.2) is 0 Å². The summed E-state index contributed by atoms with van der Waals surface area (Å²) in [6, 6.07) is 0.503. The van der Waals surface area contributed by atoms with Crippen molar-refractivity contribution in [2.75, 3.05) is 13.1 Å². The minimum Gasteiger partial charge on any atom is -0.340 e. The Kier molecular flexibility index (Phi) is 7.56. The van der Waals surface area contributed by atoms with Crippen LogP contribution >= 0.6 is 0 Å². The summed E-state index contributed by atoms with van der Waals surface area (Å²) in [5, 5.41) is 0. The molecule has 0 aromatic carbocycles. The molecule has 2 N–H and O–H groups in total. The summed E-state index contributed by atoms with van der Waals surface area (Å²) >= 11 is 0. The molecule has 0 spiro atoms. The van der Waals surface area contributed by atoms with E-state index < -0.39 is 0 Å². The Hall–Kier alpha value is -0.570. The molecule has 0 bridgehead atoms. The van der Waals surface area contributed by atoms with Crippen molar-refractivity contribution in [2.45, 2.75) is 89.5 Å². The van der Waals surface area contributed by atoms with E-state index in [1.807, 2.05) is 0 Å². The van der Waals surface area contributed by atoms with Gasteiger partial charge in [0.2, 0.25) is 5.91 Å². The van der Waals surface area contributed by atoms with Crippen molar-refractivity contribution in [3.63, 3.8) is 0 Å². The zero-order valence-electron chi connectivity index (χ0n) is 13.7. The normalized spacial score (nSPS) is 22.0. The van der Waals surface area contributed by atoms with Crippen LogP contribution in [0.25, 0.3) is 0 Å². The van der Waals surface area contributed by atoms with Gasteiger partial charge in [-0.1, -0.05) is 44.9 Å². The molecule has 122 valence electrons. The molecule has 2 fully saturated rings. The molecule has 0 aromatic rings. The first-order valence-electron chi connectivity index (χ1n) is 9.31. The molecule has 0 atom stereocenters. The van der Waals surface area contributed by atoms with Gasteiger partial charge >= 0.3 is 0 Å². The third kappa shape index (κ3) is 5.61. The van der Waals surface area contributed by atoms with Crippen LogP contribution in [0.1, 0.15) is 83.5 Å². The first-order chi connectivity index (χ1) is 10.3. The maximum Gasteiger partial charge on any atom is 0.223 e. The number of rotatable bonds is 6. The highest BCUT2D eigenvalue weighted by Crippen LogP contribution is 2.28. The van der Waals surface area contributed by atoms with Gasteiger partial charge in [0.1, 0.15) is 0 Å². The average molecular weight is 294 g/mol. The molecule has 0 heterocycles. The second-order valence-corrected chi connectivity index (χ2v) is 7.08. The predicted molar refractivity (Wildman–Crippen MR) is 88.1 cm³/mol. The van der Waals surface area contributed by atoms with Crippen LogP contribution in [0.2, 0.25) is 0 Å². The molecule has 0 unspecified atom stereocenters. The fourth-order valence-electron chi connectivity index (χ4n) is 4.10. The Morgan fingerprint density at radius 1 is 0.905 bits per heavy atom. The Morgan fingerprint density at radius 3 is 2.10 bits per heavy atom. The number of carbonyl (C=O) groups excluding carboxylic acids is 1. The van der Waals surface area contributed by atoms with Crippen LogP contribution in [-0.2, 0) is 4.79 Å². The van der Waals surface area contributed by atoms with Crippen LogP contribution < -0.4 is 5.73 Å². The summed E-state index contributed by atoms with van der Waals surface area (Å²) in [6.45, 7) is 1.58. The standard InChI is InChI=1S/C18H34N2O/c19-13-8-14-20(17-11-6-3-7-12-17)18(21)15-16-9-4-1-2-5-10-16/h16-17H,1-15,19H2. The lowest BCUT2D eigenvalue weighted by Crippen LogP contribution is -2.43. The molecular formula is C18H34N2O. The molecule has 2 saturated carbocycles. The Morgan fingerprint density at radius 2 is 1.48 bits per heavy atom. The molecule has 2 aliphatic carbocycles. The molecule has 1 amide bonds. The van der Waals surface area contributed by atoms with Gasteiger partial charge in [-0.2, -0.15) is 0 Å². The van der Waals surface area contributed by atoms with Gasteiger partial charge in [-0.15, -0.1) is 0 Å². The molecule has 0 aliphatic heterocycles. The molecular weight excluding hydrogens is 260 g/mol. The fraction of sp³-hybridized carbons (Fsp3) is 0.944. The Labute approximate surface area is 130 Å². The summed E-state index contributed by atoms with van der Waals surface area (Å²) in [7, 11) is 0. The summed E-state index contributed by atoms with van der Waals surface area (Å²) in [5.74, 6) is 1.06. The lowest BCUT2D eigenvalue weighted by molar-refractivity contribution is -0.135. The second-order valence-electron chi connectivity index (χ2n) is 7.08. The SMILES string of the molecule is NCCCN(C(=O)CC1CCCCCC1)C1CCCCC1. The van der Waals surface area contributed by atoms with E-state index in [0.29, 0.717) is 24.4 Å². The first kappa shape index (κ1) is 16.8. The van der Waals surface area contributed by atoms with Gasteiger partial charge < -0.3 is 10.6 Å². The number of hydrogen-bond acceptors (Lipinski definition) is 2. The van der Waals surface area contributed by atoms with Gasteiger partial charge in [0, 0.05) is 19.0 Å². The van der Waals surface area contributed by atoms with E-state index >= 15 is 0 Å². The largest absolute Gasteiger partial charge is 0.340 e. The minimum absolute atomic E-state index is 0.419. The van der Waals surface area contributed by atoms with E-state index in [-0.39, 0.29) is 0 Å². The highest BCUT2D eigenvalue weighted by molar-refractivity contribution is 5.76. The maximum atomic E-state index is 12.8. The lowest BCUT2D eigenvalue weighted by atomic mass is 9.92. The van der Waals surface area contributed by atoms with Crippen LogP contribution in [0, 0.1) is 5.92 Å². The van der Waals surface area contributed by atoms with E-state index in [0.717, 1.165) is 19.4 Å². The lowest BCUT2D eigenvalue weighted by Gasteiger charge is -2.35. The van der Waals surface area contributed by atoms with E-state index in [1.165, 1.54) is 70.6 Å². The highest BCUT2D eigenvalue weighted by Gasteiger charge is 2.26. The summed E-state index contributed by atoms with van der Waals surface area (Å²) in [4.78, 5) is 15.0. The molecule has 2 rings (SSSR count). The van der Waals surface area contributed by atoms with Crippen molar-refractivity contribution in [2.24, 2.45) is 11.7 Å². The number of hydrogen-bond donors (Lipinski definition) is 1. The van der Waals surface area contributed by atoms with Crippen molar-refractivity contribution in [3.8, 4) is 0 Å². The molecule has 2 aliphatic rings. The summed E-state index contributed by atoms with van der Waals surface area (Å²) in [6.07, 6.45) is 16.0. The van der Waals surface area contributed by atoms with Crippen molar-refractivity contribution < 1.29 is 4.79 Å². The quantitative estimate of drug-likeness (QED) is 0.756. The molecule has 0 saturated heterocycles. The van der Waals surface area contributed by atoms with E-state index in [2.05, 4.69) is 4.90 Å². The van der Waals surface area contributed by atoms with Gasteiger partial charge in [0.15, 0.2) is 0 Å². The Balaban J connectivity index is 1.88. The van der Waals surface area contributed by atoms with E-state index in [1.54, 1.807) is 0 Å². The van der Waals surface area contributed by atoms with Crippen LogP contribution in [0.4, 0.5) is 0 Å². The maximum absolute atomic E-state index is 12.8. The van der Waals surface area contributed by atoms with Crippen LogP contribution in [0.3, 0.4) is 0 Å². The number of nitrogens with two attached hydrogens (primary N) is 1. The van der Waals surface area contributed by atoms with Gasteiger partial charge in [0.25, 0.3) is 0 Å². The smallest absolute Gasteiger partial charge is 0.223 e. The highest BCUT2D eigenvalue weighted by atomic mass is 16.2. The molecule has 21 heavy (non-hydrogen) atoms. The van der Waals surface area contributed by atoms with Gasteiger partial charge in [-0.3, -0.25) is 4.79 Å². The Bertz CT molecular complexity index is 292. The van der Waals surface area contributed by atoms with E-state index in [4.69, 9.17) is 5.73 Å². The average Bonchev–Trinajstić information content (AvgIpc) is 2.77. The van der Waals surface area contributed by atoms with Gasteiger partial charge in [0.05, 0.1) is 0 Å². The summed E-state index contributed by atoms with van der Waals surface area (Å²) in [5.41, 5.74) is 5.67. The third-order valence-corrected chi connectivity index (χ3v) is 5.38. The fourth-order valence-corrected chi connectivity index (χ4v) is 4.10. The molecule has 3 heteroatoms. The van der Waals surface area contributed by atoms with Crippen LogP contribution in [0.5, 0.6) is 0 Å². The predicted octanol–water partition coefficient (Wildman–Crippen LogP) is 3.86. The number of nitrogens with zero attached hydrogens (tertiary/aromatic N) is 1. The topological polar surface area (TPSA) is 46.3 Å². The molecule has 3 nitrogen and oxygen atoms in total. The second kappa shape index (κ2) is 9.45. The zero-order chi connectivity index (χ0) is 14.9. The molecule has 0 radical (unpaired) electrons. The number of amides is 1. The third-order valence-electron chi connectivity index (χ3n) is 5.38. The van der Waals surface area contributed by atoms with Crippen molar-refractivity contribution in [3.05, 3.63) is 0 Å². The van der Waals surface area contributed by atoms with Gasteiger partial charge in [-0.05, 0) is 44.6 Å². The first-order valence-corrected chi connectivity index (χ1v) is 9.31.